The highest BCUT2D eigenvalue weighted by Gasteiger charge is 2.19. The van der Waals surface area contributed by atoms with Gasteiger partial charge in [0.05, 0.1) is 30.0 Å². The van der Waals surface area contributed by atoms with E-state index in [4.69, 9.17) is 9.47 Å². The lowest BCUT2D eigenvalue weighted by molar-refractivity contribution is 0.0516. The molecule has 0 fully saturated rings. The first-order chi connectivity index (χ1) is 11.0. The van der Waals surface area contributed by atoms with Crippen molar-refractivity contribution < 1.29 is 19.1 Å². The third-order valence-electron chi connectivity index (χ3n) is 3.29. The van der Waals surface area contributed by atoms with Gasteiger partial charge in [-0.25, -0.2) is 9.59 Å². The predicted octanol–water partition coefficient (Wildman–Crippen LogP) is 2.65. The van der Waals surface area contributed by atoms with E-state index in [0.29, 0.717) is 35.5 Å². The van der Waals surface area contributed by atoms with E-state index in [2.05, 4.69) is 4.98 Å². The van der Waals surface area contributed by atoms with Crippen LogP contribution in [0.1, 0.15) is 34.6 Å². The molecule has 1 heterocycles. The second kappa shape index (κ2) is 7.09. The fourth-order valence-corrected chi connectivity index (χ4v) is 2.36. The number of pyridine rings is 1. The number of anilines is 1. The number of benzene rings is 1. The molecule has 1 aromatic heterocycles. The Hall–Kier alpha value is -2.63. The van der Waals surface area contributed by atoms with Crippen LogP contribution in [-0.4, -0.2) is 44.2 Å². The summed E-state index contributed by atoms with van der Waals surface area (Å²) in [5.74, 6) is -0.808. The maximum atomic E-state index is 12.1. The minimum absolute atomic E-state index is 0.297. The molecule has 23 heavy (non-hydrogen) atoms. The molecule has 0 spiro atoms. The van der Waals surface area contributed by atoms with Crippen molar-refractivity contribution in [3.8, 4) is 0 Å². The number of hydrogen-bond donors (Lipinski definition) is 0. The summed E-state index contributed by atoms with van der Waals surface area (Å²) in [5, 5.41) is 0.772. The summed E-state index contributed by atoms with van der Waals surface area (Å²) in [5.41, 5.74) is 2.16. The molecule has 0 atom stereocenters. The molecule has 0 aliphatic carbocycles. The van der Waals surface area contributed by atoms with Crippen LogP contribution in [0.2, 0.25) is 0 Å². The number of esters is 2. The van der Waals surface area contributed by atoms with Crippen molar-refractivity contribution in [3.63, 3.8) is 0 Å². The van der Waals surface area contributed by atoms with Crippen LogP contribution in [0.25, 0.3) is 10.9 Å². The Morgan fingerprint density at radius 1 is 1.09 bits per heavy atom. The molecule has 0 N–H and O–H groups in total. The van der Waals surface area contributed by atoms with Gasteiger partial charge in [0, 0.05) is 25.7 Å². The van der Waals surface area contributed by atoms with E-state index in [1.807, 2.05) is 19.0 Å². The van der Waals surface area contributed by atoms with E-state index < -0.39 is 11.9 Å². The van der Waals surface area contributed by atoms with Gasteiger partial charge in [-0.2, -0.15) is 0 Å². The van der Waals surface area contributed by atoms with Gasteiger partial charge < -0.3 is 14.4 Å². The van der Waals surface area contributed by atoms with Crippen LogP contribution in [0.15, 0.2) is 24.4 Å². The Balaban J connectivity index is 2.58. The van der Waals surface area contributed by atoms with Crippen molar-refractivity contribution in [2.24, 2.45) is 0 Å². The summed E-state index contributed by atoms with van der Waals surface area (Å²) < 4.78 is 10.1. The first-order valence-electron chi connectivity index (χ1n) is 7.43. The van der Waals surface area contributed by atoms with Crippen molar-refractivity contribution >= 4 is 28.5 Å². The topological polar surface area (TPSA) is 68.7 Å². The molecule has 2 aromatic rings. The van der Waals surface area contributed by atoms with E-state index in [9.17, 15) is 9.59 Å². The van der Waals surface area contributed by atoms with Crippen LogP contribution in [0.3, 0.4) is 0 Å². The number of ether oxygens (including phenoxy) is 2. The lowest BCUT2D eigenvalue weighted by atomic mass is 10.1. The summed E-state index contributed by atoms with van der Waals surface area (Å²) in [6.45, 7) is 4.13. The zero-order valence-electron chi connectivity index (χ0n) is 13.8. The smallest absolute Gasteiger partial charge is 0.341 e. The van der Waals surface area contributed by atoms with Crippen LogP contribution < -0.4 is 4.90 Å². The predicted molar refractivity (Wildman–Crippen MR) is 88.0 cm³/mol. The molecule has 0 unspecified atom stereocenters. The van der Waals surface area contributed by atoms with E-state index >= 15 is 0 Å². The van der Waals surface area contributed by atoms with Gasteiger partial charge in [0.25, 0.3) is 0 Å². The third-order valence-corrected chi connectivity index (χ3v) is 3.29. The summed E-state index contributed by atoms with van der Waals surface area (Å²) in [4.78, 5) is 30.1. The second-order valence-electron chi connectivity index (χ2n) is 5.09. The highest BCUT2D eigenvalue weighted by atomic mass is 16.5. The molecule has 0 aliphatic rings. The average Bonchev–Trinajstić information content (AvgIpc) is 2.53. The Bertz CT molecular complexity index is 741. The van der Waals surface area contributed by atoms with Crippen molar-refractivity contribution in [1.82, 2.24) is 4.98 Å². The van der Waals surface area contributed by atoms with E-state index in [1.165, 1.54) is 6.20 Å². The maximum Gasteiger partial charge on any atom is 0.341 e. The molecule has 0 saturated heterocycles. The lowest BCUT2D eigenvalue weighted by Crippen LogP contribution is -2.16. The van der Waals surface area contributed by atoms with Crippen molar-refractivity contribution in [2.45, 2.75) is 13.8 Å². The minimum Gasteiger partial charge on any atom is -0.462 e. The maximum absolute atomic E-state index is 12.1. The molecule has 1 aromatic carbocycles. The minimum atomic E-state index is -0.417. The summed E-state index contributed by atoms with van der Waals surface area (Å²) in [6.07, 6.45) is 1.48. The van der Waals surface area contributed by atoms with Gasteiger partial charge in [-0.3, -0.25) is 4.98 Å². The van der Waals surface area contributed by atoms with Crippen molar-refractivity contribution in [1.29, 1.82) is 0 Å². The Labute approximate surface area is 135 Å². The number of carbonyl (C=O) groups is 2. The van der Waals surface area contributed by atoms with E-state index in [0.717, 1.165) is 5.39 Å². The zero-order chi connectivity index (χ0) is 17.0. The molecule has 0 radical (unpaired) electrons. The standard InChI is InChI=1S/C17H20N2O4/c1-5-22-16(20)11-7-8-12-14(9-11)18-10-13(15(12)19(3)4)17(21)23-6-2/h7-10H,5-6H2,1-4H3. The monoisotopic (exact) mass is 316 g/mol. The fraction of sp³-hybridized carbons (Fsp3) is 0.353. The van der Waals surface area contributed by atoms with Gasteiger partial charge in [-0.05, 0) is 32.0 Å². The Morgan fingerprint density at radius 3 is 2.35 bits per heavy atom. The van der Waals surface area contributed by atoms with Gasteiger partial charge in [-0.15, -0.1) is 0 Å². The largest absolute Gasteiger partial charge is 0.462 e. The van der Waals surface area contributed by atoms with Crippen LogP contribution >= 0.6 is 0 Å². The first kappa shape index (κ1) is 16.7. The molecule has 0 amide bonds. The van der Waals surface area contributed by atoms with Crippen LogP contribution in [0, 0.1) is 0 Å². The summed E-state index contributed by atoms with van der Waals surface area (Å²) in [6, 6.07) is 5.10. The molecule has 0 aliphatic heterocycles. The molecule has 0 saturated carbocycles. The van der Waals surface area contributed by atoms with Crippen molar-refractivity contribution in [2.75, 3.05) is 32.2 Å². The highest BCUT2D eigenvalue weighted by Crippen LogP contribution is 2.29. The molecule has 2 rings (SSSR count). The fourth-order valence-electron chi connectivity index (χ4n) is 2.36. The van der Waals surface area contributed by atoms with Gasteiger partial charge >= 0.3 is 11.9 Å². The van der Waals surface area contributed by atoms with E-state index in [-0.39, 0.29) is 0 Å². The molecule has 6 nitrogen and oxygen atoms in total. The van der Waals surface area contributed by atoms with Crippen LogP contribution in [-0.2, 0) is 9.47 Å². The first-order valence-corrected chi connectivity index (χ1v) is 7.43. The molecule has 0 bridgehead atoms. The highest BCUT2D eigenvalue weighted by molar-refractivity contribution is 6.06. The second-order valence-corrected chi connectivity index (χ2v) is 5.09. The number of nitrogens with zero attached hydrogens (tertiary/aromatic N) is 2. The van der Waals surface area contributed by atoms with Gasteiger partial charge in [-0.1, -0.05) is 0 Å². The molecular formula is C17H20N2O4. The van der Waals surface area contributed by atoms with Gasteiger partial charge in [0.2, 0.25) is 0 Å². The Morgan fingerprint density at radius 2 is 1.74 bits per heavy atom. The number of rotatable bonds is 5. The number of hydrogen-bond acceptors (Lipinski definition) is 6. The van der Waals surface area contributed by atoms with Gasteiger partial charge in [0.15, 0.2) is 0 Å². The number of carbonyl (C=O) groups excluding carboxylic acids is 2. The van der Waals surface area contributed by atoms with Crippen LogP contribution in [0.4, 0.5) is 5.69 Å². The van der Waals surface area contributed by atoms with E-state index in [1.54, 1.807) is 32.0 Å². The molecule has 122 valence electrons. The zero-order valence-corrected chi connectivity index (χ0v) is 13.8. The lowest BCUT2D eigenvalue weighted by Gasteiger charge is -2.19. The normalized spacial score (nSPS) is 10.4. The number of fused-ring (bicyclic) bond motifs is 1. The SMILES string of the molecule is CCOC(=O)c1ccc2c(N(C)C)c(C(=O)OCC)cnc2c1. The quantitative estimate of drug-likeness (QED) is 0.790. The Kier molecular flexibility index (Phi) is 5.16. The van der Waals surface area contributed by atoms with Crippen LogP contribution in [0.5, 0.6) is 0 Å². The summed E-state index contributed by atoms with van der Waals surface area (Å²) >= 11 is 0. The average molecular weight is 316 g/mol. The molecule has 6 heteroatoms. The summed E-state index contributed by atoms with van der Waals surface area (Å²) in [7, 11) is 3.69. The third kappa shape index (κ3) is 3.41. The number of aromatic nitrogens is 1. The van der Waals surface area contributed by atoms with Gasteiger partial charge in [0.1, 0.15) is 5.56 Å². The molecular weight excluding hydrogens is 296 g/mol. The van der Waals surface area contributed by atoms with Crippen molar-refractivity contribution in [3.05, 3.63) is 35.5 Å².